The molecule has 2 aromatic rings. The van der Waals surface area contributed by atoms with Crippen LogP contribution in [-0.2, 0) is 13.1 Å². The molecule has 1 aromatic heterocycles. The average molecular weight is 396 g/mol. The van der Waals surface area contributed by atoms with Gasteiger partial charge in [-0.15, -0.1) is 0 Å². The summed E-state index contributed by atoms with van der Waals surface area (Å²) in [7, 11) is 1.66. The molecule has 0 saturated carbocycles. The number of nitrogens with zero attached hydrogens (tertiary/aromatic N) is 2. The van der Waals surface area contributed by atoms with E-state index in [0.29, 0.717) is 6.61 Å². The van der Waals surface area contributed by atoms with Gasteiger partial charge < -0.3 is 19.7 Å². The van der Waals surface area contributed by atoms with Crippen LogP contribution in [0.25, 0.3) is 0 Å². The Bertz CT molecular complexity index is 781. The lowest BCUT2D eigenvalue weighted by molar-refractivity contribution is 0.319. The van der Waals surface area contributed by atoms with Crippen molar-refractivity contribution in [3.8, 4) is 11.5 Å². The molecule has 0 unspecified atom stereocenters. The van der Waals surface area contributed by atoms with E-state index in [4.69, 9.17) is 9.47 Å². The van der Waals surface area contributed by atoms with E-state index >= 15 is 0 Å². The molecule has 29 heavy (non-hydrogen) atoms. The van der Waals surface area contributed by atoms with Gasteiger partial charge in [-0.2, -0.15) is 0 Å². The number of pyridine rings is 1. The number of hydrogen-bond acceptors (Lipinski definition) is 5. The van der Waals surface area contributed by atoms with Crippen LogP contribution in [0, 0.1) is 0 Å². The smallest absolute Gasteiger partial charge is 0.161 e. The van der Waals surface area contributed by atoms with E-state index in [9.17, 15) is 0 Å². The lowest BCUT2D eigenvalue weighted by atomic mass is 10.2. The van der Waals surface area contributed by atoms with Crippen LogP contribution in [0.4, 0.5) is 5.82 Å². The van der Waals surface area contributed by atoms with Gasteiger partial charge in [0, 0.05) is 32.4 Å². The van der Waals surface area contributed by atoms with Gasteiger partial charge in [0.05, 0.1) is 7.11 Å². The van der Waals surface area contributed by atoms with Crippen LogP contribution in [0.2, 0.25) is 0 Å². The normalized spacial score (nSPS) is 14.3. The number of aromatic nitrogens is 1. The third-order valence-corrected chi connectivity index (χ3v) is 5.10. The Morgan fingerprint density at radius 3 is 2.41 bits per heavy atom. The summed E-state index contributed by atoms with van der Waals surface area (Å²) in [5, 5.41) is 3.49. The number of anilines is 1. The minimum absolute atomic E-state index is 0.488. The molecule has 0 atom stereocenters. The van der Waals surface area contributed by atoms with Crippen LogP contribution < -0.4 is 19.7 Å². The standard InChI is InChI=1S/C24H33N3O2/c1-19(2)18-29-23-14-20(8-10-22(23)28-3)15-25-16-21-9-11-24(26-17-21)27-12-6-4-5-7-13-27/h8-11,14,17,25H,1,4-7,12-13,15-16,18H2,2-3H3. The number of hydrogen-bond donors (Lipinski definition) is 1. The van der Waals surface area contributed by atoms with E-state index in [-0.39, 0.29) is 0 Å². The van der Waals surface area contributed by atoms with Crippen LogP contribution >= 0.6 is 0 Å². The van der Waals surface area contributed by atoms with Gasteiger partial charge in [0.25, 0.3) is 0 Å². The molecule has 0 aliphatic carbocycles. The fourth-order valence-electron chi connectivity index (χ4n) is 3.50. The Balaban J connectivity index is 1.52. The lowest BCUT2D eigenvalue weighted by Gasteiger charge is -2.21. The van der Waals surface area contributed by atoms with Gasteiger partial charge in [-0.25, -0.2) is 4.98 Å². The summed E-state index contributed by atoms with van der Waals surface area (Å²) < 4.78 is 11.2. The second-order valence-corrected chi connectivity index (χ2v) is 7.76. The fourth-order valence-corrected chi connectivity index (χ4v) is 3.50. The van der Waals surface area contributed by atoms with Gasteiger partial charge in [0.2, 0.25) is 0 Å². The van der Waals surface area contributed by atoms with E-state index < -0.39 is 0 Å². The van der Waals surface area contributed by atoms with Gasteiger partial charge >= 0.3 is 0 Å². The molecule has 1 aliphatic rings. The summed E-state index contributed by atoms with van der Waals surface area (Å²) in [6, 6.07) is 10.4. The van der Waals surface area contributed by atoms with Crippen molar-refractivity contribution in [3.05, 3.63) is 59.8 Å². The first-order chi connectivity index (χ1) is 14.2. The third kappa shape index (κ3) is 6.50. The number of benzene rings is 1. The first-order valence-electron chi connectivity index (χ1n) is 10.5. The van der Waals surface area contributed by atoms with Gasteiger partial charge in [0.1, 0.15) is 12.4 Å². The molecule has 1 fully saturated rings. The van der Waals surface area contributed by atoms with E-state index in [1.807, 2.05) is 25.3 Å². The highest BCUT2D eigenvalue weighted by molar-refractivity contribution is 5.43. The zero-order valence-electron chi connectivity index (χ0n) is 17.7. The van der Waals surface area contributed by atoms with E-state index in [1.54, 1.807) is 7.11 Å². The Morgan fingerprint density at radius 2 is 1.76 bits per heavy atom. The van der Waals surface area contributed by atoms with Crippen molar-refractivity contribution in [1.29, 1.82) is 0 Å². The Hall–Kier alpha value is -2.53. The highest BCUT2D eigenvalue weighted by atomic mass is 16.5. The summed E-state index contributed by atoms with van der Waals surface area (Å²) >= 11 is 0. The van der Waals surface area contributed by atoms with Crippen LogP contribution in [0.1, 0.15) is 43.7 Å². The summed E-state index contributed by atoms with van der Waals surface area (Å²) in [5.74, 6) is 2.59. The topological polar surface area (TPSA) is 46.6 Å². The first-order valence-corrected chi connectivity index (χ1v) is 10.5. The number of nitrogens with one attached hydrogen (secondary N) is 1. The van der Waals surface area contributed by atoms with Crippen molar-refractivity contribution >= 4 is 5.82 Å². The molecule has 2 heterocycles. The van der Waals surface area contributed by atoms with Crippen molar-refractivity contribution in [1.82, 2.24) is 10.3 Å². The molecule has 1 saturated heterocycles. The highest BCUT2D eigenvalue weighted by Gasteiger charge is 2.11. The lowest BCUT2D eigenvalue weighted by Crippen LogP contribution is -2.24. The largest absolute Gasteiger partial charge is 0.493 e. The Labute approximate surface area is 174 Å². The maximum atomic E-state index is 5.81. The van der Waals surface area contributed by atoms with Gasteiger partial charge in [-0.1, -0.05) is 31.6 Å². The third-order valence-electron chi connectivity index (χ3n) is 5.10. The van der Waals surface area contributed by atoms with Crippen LogP contribution in [0.15, 0.2) is 48.7 Å². The Morgan fingerprint density at radius 1 is 1.03 bits per heavy atom. The molecule has 0 amide bonds. The predicted octanol–water partition coefficient (Wildman–Crippen LogP) is 4.72. The molecule has 1 aliphatic heterocycles. The van der Waals surface area contributed by atoms with Crippen molar-refractivity contribution < 1.29 is 9.47 Å². The predicted molar refractivity (Wildman–Crippen MR) is 119 cm³/mol. The zero-order valence-corrected chi connectivity index (χ0v) is 17.7. The average Bonchev–Trinajstić information content (AvgIpc) is 3.02. The number of rotatable bonds is 9. The second-order valence-electron chi connectivity index (χ2n) is 7.76. The quantitative estimate of drug-likeness (QED) is 0.623. The summed E-state index contributed by atoms with van der Waals surface area (Å²) in [6.07, 6.45) is 7.20. The molecule has 5 nitrogen and oxygen atoms in total. The van der Waals surface area contributed by atoms with E-state index in [1.165, 1.54) is 31.2 Å². The summed E-state index contributed by atoms with van der Waals surface area (Å²) in [4.78, 5) is 7.10. The second kappa shape index (κ2) is 10.9. The molecule has 0 radical (unpaired) electrons. The zero-order chi connectivity index (χ0) is 20.5. The van der Waals surface area contributed by atoms with Crippen molar-refractivity contribution in [3.63, 3.8) is 0 Å². The molecule has 1 aromatic carbocycles. The minimum Gasteiger partial charge on any atom is -0.493 e. The van der Waals surface area contributed by atoms with Gasteiger partial charge in [0.15, 0.2) is 11.5 Å². The number of ether oxygens (including phenoxy) is 2. The Kier molecular flexibility index (Phi) is 7.94. The molecule has 0 spiro atoms. The molecular weight excluding hydrogens is 362 g/mol. The summed E-state index contributed by atoms with van der Waals surface area (Å²) in [6.45, 7) is 10.1. The molecule has 5 heteroatoms. The molecule has 3 rings (SSSR count). The van der Waals surface area contributed by atoms with Crippen molar-refractivity contribution in [2.24, 2.45) is 0 Å². The van der Waals surface area contributed by atoms with Crippen LogP contribution in [-0.4, -0.2) is 31.8 Å². The maximum absolute atomic E-state index is 5.81. The van der Waals surface area contributed by atoms with E-state index in [0.717, 1.165) is 54.6 Å². The van der Waals surface area contributed by atoms with E-state index in [2.05, 4.69) is 40.0 Å². The molecule has 156 valence electrons. The fraction of sp³-hybridized carbons (Fsp3) is 0.458. The SMILES string of the molecule is C=C(C)COc1cc(CNCc2ccc(N3CCCCCC3)nc2)ccc1OC. The molecular formula is C24H33N3O2. The minimum atomic E-state index is 0.488. The van der Waals surface area contributed by atoms with Crippen molar-refractivity contribution in [2.45, 2.75) is 45.7 Å². The van der Waals surface area contributed by atoms with Crippen molar-refractivity contribution in [2.75, 3.05) is 31.7 Å². The highest BCUT2D eigenvalue weighted by Crippen LogP contribution is 2.28. The molecule has 0 bridgehead atoms. The van der Waals surface area contributed by atoms with Crippen LogP contribution in [0.5, 0.6) is 11.5 Å². The first kappa shape index (κ1) is 21.2. The maximum Gasteiger partial charge on any atom is 0.161 e. The van der Waals surface area contributed by atoms with Gasteiger partial charge in [-0.05, 0) is 54.7 Å². The van der Waals surface area contributed by atoms with Gasteiger partial charge in [-0.3, -0.25) is 0 Å². The monoisotopic (exact) mass is 395 g/mol. The number of methoxy groups -OCH3 is 1. The summed E-state index contributed by atoms with van der Waals surface area (Å²) in [5.41, 5.74) is 3.32. The van der Waals surface area contributed by atoms with Crippen LogP contribution in [0.3, 0.4) is 0 Å². The molecule has 1 N–H and O–H groups in total.